The quantitative estimate of drug-likeness (QED) is 0.677. The largest absolute Gasteiger partial charge is 0.368 e. The molecule has 0 unspecified atom stereocenters. The van der Waals surface area contributed by atoms with Gasteiger partial charge in [-0.15, -0.1) is 0 Å². The number of nitrogens with zero attached hydrogens (tertiary/aromatic N) is 2. The van der Waals surface area contributed by atoms with Gasteiger partial charge >= 0.3 is 0 Å². The van der Waals surface area contributed by atoms with Gasteiger partial charge in [-0.1, -0.05) is 30.3 Å². The summed E-state index contributed by atoms with van der Waals surface area (Å²) in [5, 5.41) is 6.17. The van der Waals surface area contributed by atoms with E-state index in [1.165, 1.54) is 0 Å². The van der Waals surface area contributed by atoms with E-state index in [1.807, 2.05) is 60.7 Å². The van der Waals surface area contributed by atoms with Crippen molar-refractivity contribution in [2.24, 2.45) is 4.99 Å². The number of amidine groups is 1. The van der Waals surface area contributed by atoms with Crippen molar-refractivity contribution in [1.82, 2.24) is 10.2 Å². The van der Waals surface area contributed by atoms with Crippen LogP contribution in [0.25, 0.3) is 0 Å². The molecule has 0 bridgehead atoms. The van der Waals surface area contributed by atoms with Crippen LogP contribution in [0.5, 0.6) is 0 Å². The summed E-state index contributed by atoms with van der Waals surface area (Å²) in [5.41, 5.74) is 4.90. The number of hydrogen-bond acceptors (Lipinski definition) is 4. The molecule has 154 valence electrons. The Kier molecular flexibility index (Phi) is 4.96. The van der Waals surface area contributed by atoms with E-state index in [0.717, 1.165) is 41.3 Å². The smallest absolute Gasteiger partial charge is 0.255 e. The lowest BCUT2D eigenvalue weighted by Crippen LogP contribution is -2.23. The Bertz CT molecular complexity index is 1170. The third-order valence-corrected chi connectivity index (χ3v) is 5.55. The lowest BCUT2D eigenvalue weighted by atomic mass is 10.1. The molecule has 6 nitrogen and oxygen atoms in total. The van der Waals surface area contributed by atoms with Crippen molar-refractivity contribution in [2.45, 2.75) is 13.1 Å². The first-order chi connectivity index (χ1) is 15.2. The highest BCUT2D eigenvalue weighted by Gasteiger charge is 2.28. The molecule has 0 aromatic heterocycles. The van der Waals surface area contributed by atoms with Gasteiger partial charge in [-0.25, -0.2) is 0 Å². The molecule has 3 aromatic carbocycles. The van der Waals surface area contributed by atoms with Gasteiger partial charge in [0.15, 0.2) is 0 Å². The maximum atomic E-state index is 12.8. The molecule has 0 aliphatic carbocycles. The molecule has 2 aliphatic heterocycles. The zero-order valence-electron chi connectivity index (χ0n) is 17.0. The average Bonchev–Trinajstić information content (AvgIpc) is 3.44. The molecular formula is C25H22N4O2. The monoisotopic (exact) mass is 410 g/mol. The highest BCUT2D eigenvalue weighted by Crippen LogP contribution is 2.26. The molecule has 5 rings (SSSR count). The van der Waals surface area contributed by atoms with E-state index >= 15 is 0 Å². The van der Waals surface area contributed by atoms with E-state index in [-0.39, 0.29) is 11.8 Å². The van der Waals surface area contributed by atoms with Gasteiger partial charge < -0.3 is 15.5 Å². The van der Waals surface area contributed by atoms with Crippen molar-refractivity contribution in [3.05, 3.63) is 101 Å². The van der Waals surface area contributed by atoms with Gasteiger partial charge in [-0.2, -0.15) is 0 Å². The van der Waals surface area contributed by atoms with Gasteiger partial charge in [0.25, 0.3) is 11.8 Å². The number of carbonyl (C=O) groups excluding carboxylic acids is 2. The average molecular weight is 410 g/mol. The second-order valence-corrected chi connectivity index (χ2v) is 7.71. The van der Waals surface area contributed by atoms with Crippen molar-refractivity contribution in [2.75, 3.05) is 18.4 Å². The molecule has 0 saturated heterocycles. The van der Waals surface area contributed by atoms with Crippen LogP contribution >= 0.6 is 0 Å². The number of aliphatic imine (C=N–C) groups is 1. The van der Waals surface area contributed by atoms with Crippen molar-refractivity contribution in [3.63, 3.8) is 0 Å². The predicted molar refractivity (Wildman–Crippen MR) is 120 cm³/mol. The summed E-state index contributed by atoms with van der Waals surface area (Å²) in [4.78, 5) is 31.7. The van der Waals surface area contributed by atoms with E-state index in [9.17, 15) is 9.59 Å². The van der Waals surface area contributed by atoms with Gasteiger partial charge in [0.1, 0.15) is 5.84 Å². The summed E-state index contributed by atoms with van der Waals surface area (Å²) in [6.07, 6.45) is 0. The summed E-state index contributed by atoms with van der Waals surface area (Å²) in [6, 6.07) is 22.8. The minimum atomic E-state index is -0.194. The Hall–Kier alpha value is -3.93. The summed E-state index contributed by atoms with van der Waals surface area (Å²) in [7, 11) is 0. The third kappa shape index (κ3) is 3.92. The summed E-state index contributed by atoms with van der Waals surface area (Å²) >= 11 is 0. The van der Waals surface area contributed by atoms with Crippen LogP contribution in [0.2, 0.25) is 0 Å². The lowest BCUT2D eigenvalue weighted by Gasteiger charge is -2.15. The first kappa shape index (κ1) is 19.1. The molecule has 6 heteroatoms. The number of benzene rings is 3. The van der Waals surface area contributed by atoms with E-state index in [2.05, 4.69) is 15.6 Å². The van der Waals surface area contributed by atoms with Gasteiger partial charge in [-0.3, -0.25) is 14.6 Å². The number of hydrogen-bond donors (Lipinski definition) is 2. The standard InChI is InChI=1S/C25H22N4O2/c30-24(28-21-9-6-18(7-10-21)23-26-12-13-27-23)19-8-11-22-20(14-19)16-29(25(22)31)15-17-4-2-1-3-5-17/h1-11,14H,12-13,15-16H2,(H,26,27)(H,28,30). The van der Waals surface area contributed by atoms with Crippen molar-refractivity contribution in [3.8, 4) is 0 Å². The first-order valence-corrected chi connectivity index (χ1v) is 10.3. The molecule has 0 spiro atoms. The second kappa shape index (κ2) is 8.07. The minimum Gasteiger partial charge on any atom is -0.368 e. The highest BCUT2D eigenvalue weighted by atomic mass is 16.2. The summed E-state index contributed by atoms with van der Waals surface area (Å²) in [5.74, 6) is 0.701. The first-order valence-electron chi connectivity index (χ1n) is 10.3. The van der Waals surface area contributed by atoms with Crippen LogP contribution in [0.4, 0.5) is 5.69 Å². The zero-order valence-corrected chi connectivity index (χ0v) is 17.0. The van der Waals surface area contributed by atoms with E-state index in [0.29, 0.717) is 24.2 Å². The van der Waals surface area contributed by atoms with Gasteiger partial charge in [-0.05, 0) is 53.6 Å². The summed E-state index contributed by atoms with van der Waals surface area (Å²) in [6.45, 7) is 2.71. The van der Waals surface area contributed by atoms with Crippen LogP contribution in [-0.2, 0) is 13.1 Å². The fourth-order valence-electron chi connectivity index (χ4n) is 3.96. The zero-order chi connectivity index (χ0) is 21.2. The van der Waals surface area contributed by atoms with Crippen molar-refractivity contribution >= 4 is 23.3 Å². The fraction of sp³-hybridized carbons (Fsp3) is 0.160. The number of anilines is 1. The van der Waals surface area contributed by atoms with Crippen LogP contribution in [0.1, 0.15) is 37.4 Å². The number of amides is 2. The highest BCUT2D eigenvalue weighted by molar-refractivity contribution is 6.06. The normalized spacial score (nSPS) is 14.8. The number of rotatable bonds is 5. The number of nitrogens with one attached hydrogen (secondary N) is 2. The minimum absolute atomic E-state index is 0.00448. The Morgan fingerprint density at radius 3 is 2.58 bits per heavy atom. The number of carbonyl (C=O) groups is 2. The van der Waals surface area contributed by atoms with Crippen LogP contribution in [-0.4, -0.2) is 35.6 Å². The topological polar surface area (TPSA) is 73.8 Å². The molecule has 3 aromatic rings. The van der Waals surface area contributed by atoms with Crippen molar-refractivity contribution in [1.29, 1.82) is 0 Å². The Labute approximate surface area is 180 Å². The molecule has 0 fully saturated rings. The molecule has 2 N–H and O–H groups in total. The van der Waals surface area contributed by atoms with Crippen LogP contribution in [0, 0.1) is 0 Å². The molecular weight excluding hydrogens is 388 g/mol. The molecule has 0 atom stereocenters. The van der Waals surface area contributed by atoms with E-state index < -0.39 is 0 Å². The molecule has 2 heterocycles. The Morgan fingerprint density at radius 2 is 1.84 bits per heavy atom. The van der Waals surface area contributed by atoms with Crippen LogP contribution < -0.4 is 10.6 Å². The van der Waals surface area contributed by atoms with Gasteiger partial charge in [0.2, 0.25) is 0 Å². The van der Waals surface area contributed by atoms with Crippen LogP contribution in [0.3, 0.4) is 0 Å². The fourth-order valence-corrected chi connectivity index (χ4v) is 3.96. The Balaban J connectivity index is 1.27. The SMILES string of the molecule is O=C(Nc1ccc(C2=NCCN2)cc1)c1ccc2c(c1)CN(Cc1ccccc1)C2=O. The van der Waals surface area contributed by atoms with E-state index in [4.69, 9.17) is 0 Å². The predicted octanol–water partition coefficient (Wildman–Crippen LogP) is 3.44. The van der Waals surface area contributed by atoms with Gasteiger partial charge in [0, 0.05) is 42.0 Å². The molecule has 0 saturated carbocycles. The van der Waals surface area contributed by atoms with Crippen molar-refractivity contribution < 1.29 is 9.59 Å². The molecule has 2 aliphatic rings. The number of fused-ring (bicyclic) bond motifs is 1. The maximum Gasteiger partial charge on any atom is 0.255 e. The lowest BCUT2D eigenvalue weighted by molar-refractivity contribution is 0.0766. The molecule has 0 radical (unpaired) electrons. The molecule has 31 heavy (non-hydrogen) atoms. The maximum absolute atomic E-state index is 12.8. The van der Waals surface area contributed by atoms with Gasteiger partial charge in [0.05, 0.1) is 6.54 Å². The van der Waals surface area contributed by atoms with Crippen LogP contribution in [0.15, 0.2) is 77.8 Å². The Morgan fingerprint density at radius 1 is 1.03 bits per heavy atom. The third-order valence-electron chi connectivity index (χ3n) is 5.55. The van der Waals surface area contributed by atoms with E-state index in [1.54, 1.807) is 17.0 Å². The summed E-state index contributed by atoms with van der Waals surface area (Å²) < 4.78 is 0. The molecule has 2 amide bonds. The second-order valence-electron chi connectivity index (χ2n) is 7.71.